The molecule has 0 saturated carbocycles. The zero-order chi connectivity index (χ0) is 11.7. The molecule has 1 aromatic carbocycles. The fraction of sp³-hybridized carbons (Fsp3) is 0. The summed E-state index contributed by atoms with van der Waals surface area (Å²) in [6, 6.07) is 7.57. The largest absolute Gasteiger partial charge is 0.288 e. The number of carbonyl (C=O) groups excluding carboxylic acids is 1. The van der Waals surface area contributed by atoms with Crippen LogP contribution in [0.1, 0.15) is 15.2 Å². The van der Waals surface area contributed by atoms with Gasteiger partial charge in [0.1, 0.15) is 5.82 Å². The van der Waals surface area contributed by atoms with Crippen molar-refractivity contribution in [1.82, 2.24) is 0 Å². The van der Waals surface area contributed by atoms with Crippen molar-refractivity contribution >= 4 is 44.7 Å². The Labute approximate surface area is 109 Å². The van der Waals surface area contributed by atoms with Crippen molar-refractivity contribution in [2.45, 2.75) is 0 Å². The summed E-state index contributed by atoms with van der Waals surface area (Å²) in [5.74, 6) is -0.670. The molecule has 1 heterocycles. The third-order valence-electron chi connectivity index (χ3n) is 1.98. The molecule has 5 heteroatoms. The van der Waals surface area contributed by atoms with Gasteiger partial charge in [-0.1, -0.05) is 11.6 Å². The molecule has 0 radical (unpaired) electrons. The maximum Gasteiger partial charge on any atom is 0.203 e. The molecule has 0 saturated heterocycles. The number of halogens is 3. The predicted molar refractivity (Wildman–Crippen MR) is 66.9 cm³/mol. The van der Waals surface area contributed by atoms with Crippen LogP contribution in [0.25, 0.3) is 0 Å². The van der Waals surface area contributed by atoms with E-state index in [0.29, 0.717) is 19.2 Å². The van der Waals surface area contributed by atoms with Gasteiger partial charge < -0.3 is 0 Å². The summed E-state index contributed by atoms with van der Waals surface area (Å²) in [4.78, 5) is 12.4. The van der Waals surface area contributed by atoms with Gasteiger partial charge in [-0.05, 0) is 46.3 Å². The van der Waals surface area contributed by atoms with Crippen LogP contribution in [-0.2, 0) is 0 Å². The Morgan fingerprint density at radius 2 is 2.06 bits per heavy atom. The predicted octanol–water partition coefficient (Wildman–Crippen LogP) is 4.53. The fourth-order valence-corrected chi connectivity index (χ4v) is 2.47. The van der Waals surface area contributed by atoms with Crippen LogP contribution in [0.3, 0.4) is 0 Å². The average Bonchev–Trinajstić information content (AvgIpc) is 2.68. The fourth-order valence-electron chi connectivity index (χ4n) is 1.22. The van der Waals surface area contributed by atoms with E-state index >= 15 is 0 Å². The van der Waals surface area contributed by atoms with E-state index in [2.05, 4.69) is 15.9 Å². The van der Waals surface area contributed by atoms with E-state index in [1.165, 1.54) is 23.5 Å². The molecule has 0 aliphatic carbocycles. The Balaban J connectivity index is 2.38. The highest BCUT2D eigenvalue weighted by Gasteiger charge is 2.13. The molecule has 82 valence electrons. The highest BCUT2D eigenvalue weighted by atomic mass is 79.9. The minimum absolute atomic E-state index is 0.219. The smallest absolute Gasteiger partial charge is 0.203 e. The van der Waals surface area contributed by atoms with Crippen LogP contribution < -0.4 is 0 Å². The molecule has 0 bridgehead atoms. The van der Waals surface area contributed by atoms with E-state index < -0.39 is 5.82 Å². The van der Waals surface area contributed by atoms with Crippen molar-refractivity contribution in [1.29, 1.82) is 0 Å². The van der Waals surface area contributed by atoms with Gasteiger partial charge in [-0.15, -0.1) is 11.3 Å². The standard InChI is InChI=1S/C11H5BrClFOS/c12-7-2-1-6(5-8(7)14)11(15)9-3-4-10(13)16-9/h1-5H. The van der Waals surface area contributed by atoms with Crippen LogP contribution >= 0.6 is 38.9 Å². The molecule has 16 heavy (non-hydrogen) atoms. The van der Waals surface area contributed by atoms with Gasteiger partial charge in [0.25, 0.3) is 0 Å². The Morgan fingerprint density at radius 1 is 1.31 bits per heavy atom. The quantitative estimate of drug-likeness (QED) is 0.743. The first kappa shape index (κ1) is 11.8. The van der Waals surface area contributed by atoms with Crippen molar-refractivity contribution in [2.75, 3.05) is 0 Å². The van der Waals surface area contributed by atoms with E-state index in [1.54, 1.807) is 18.2 Å². The van der Waals surface area contributed by atoms with E-state index in [1.807, 2.05) is 0 Å². The molecule has 0 N–H and O–H groups in total. The van der Waals surface area contributed by atoms with Crippen LogP contribution in [-0.4, -0.2) is 5.78 Å². The van der Waals surface area contributed by atoms with Gasteiger partial charge in [0.05, 0.1) is 13.7 Å². The van der Waals surface area contributed by atoms with E-state index in [4.69, 9.17) is 11.6 Å². The van der Waals surface area contributed by atoms with Gasteiger partial charge in [-0.25, -0.2) is 4.39 Å². The molecule has 0 spiro atoms. The van der Waals surface area contributed by atoms with Crippen molar-refractivity contribution in [3.8, 4) is 0 Å². The van der Waals surface area contributed by atoms with Crippen LogP contribution in [0.5, 0.6) is 0 Å². The van der Waals surface area contributed by atoms with Crippen molar-refractivity contribution in [2.24, 2.45) is 0 Å². The maximum absolute atomic E-state index is 13.2. The average molecular weight is 320 g/mol. The monoisotopic (exact) mass is 318 g/mol. The second kappa shape index (κ2) is 4.65. The molecule has 0 fully saturated rings. The van der Waals surface area contributed by atoms with Crippen molar-refractivity contribution in [3.63, 3.8) is 0 Å². The third kappa shape index (κ3) is 2.34. The van der Waals surface area contributed by atoms with Gasteiger partial charge in [-0.2, -0.15) is 0 Å². The Kier molecular flexibility index (Phi) is 3.42. The van der Waals surface area contributed by atoms with Crippen LogP contribution in [0.15, 0.2) is 34.8 Å². The molecule has 1 aromatic heterocycles. The first-order chi connectivity index (χ1) is 7.58. The number of hydrogen-bond donors (Lipinski definition) is 0. The second-order valence-corrected chi connectivity index (χ2v) is 5.63. The maximum atomic E-state index is 13.2. The molecule has 1 nitrogen and oxygen atoms in total. The van der Waals surface area contributed by atoms with Gasteiger partial charge in [0.15, 0.2) is 0 Å². The molecule has 0 aliphatic heterocycles. The summed E-state index contributed by atoms with van der Waals surface area (Å²) in [5.41, 5.74) is 0.319. The summed E-state index contributed by atoms with van der Waals surface area (Å²) >= 11 is 9.95. The minimum Gasteiger partial charge on any atom is -0.288 e. The van der Waals surface area contributed by atoms with Gasteiger partial charge >= 0.3 is 0 Å². The second-order valence-electron chi connectivity index (χ2n) is 3.06. The molecule has 0 aliphatic rings. The number of thiophene rings is 1. The zero-order valence-corrected chi connectivity index (χ0v) is 11.0. The molecule has 0 unspecified atom stereocenters. The Hall–Kier alpha value is -0.710. The topological polar surface area (TPSA) is 17.1 Å². The van der Waals surface area contributed by atoms with Gasteiger partial charge in [-0.3, -0.25) is 4.79 Å². The molecule has 2 aromatic rings. The van der Waals surface area contributed by atoms with Crippen molar-refractivity contribution in [3.05, 3.63) is 55.4 Å². The molecule has 2 rings (SSSR count). The Bertz CT molecular complexity index is 553. The normalized spacial score (nSPS) is 10.4. The van der Waals surface area contributed by atoms with Gasteiger partial charge in [0, 0.05) is 5.56 Å². The first-order valence-electron chi connectivity index (χ1n) is 4.33. The van der Waals surface area contributed by atoms with E-state index in [-0.39, 0.29) is 5.78 Å². The SMILES string of the molecule is O=C(c1ccc(Br)c(F)c1)c1ccc(Cl)s1. The first-order valence-corrected chi connectivity index (χ1v) is 6.32. The summed E-state index contributed by atoms with van der Waals surface area (Å²) in [6.45, 7) is 0. The lowest BCUT2D eigenvalue weighted by Crippen LogP contribution is -1.99. The number of ketones is 1. The van der Waals surface area contributed by atoms with Gasteiger partial charge in [0.2, 0.25) is 5.78 Å². The summed E-state index contributed by atoms with van der Waals surface area (Å²) in [7, 11) is 0. The van der Waals surface area contributed by atoms with Crippen LogP contribution in [0, 0.1) is 5.82 Å². The number of rotatable bonds is 2. The third-order valence-corrected chi connectivity index (χ3v) is 3.85. The number of carbonyl (C=O) groups is 1. The molecule has 0 atom stereocenters. The lowest BCUT2D eigenvalue weighted by Gasteiger charge is -1.99. The summed E-state index contributed by atoms with van der Waals surface area (Å²) in [5, 5.41) is 0. The van der Waals surface area contributed by atoms with Crippen molar-refractivity contribution < 1.29 is 9.18 Å². The lowest BCUT2D eigenvalue weighted by molar-refractivity contribution is 0.104. The molecule has 0 amide bonds. The minimum atomic E-state index is -0.450. The lowest BCUT2D eigenvalue weighted by atomic mass is 10.1. The highest BCUT2D eigenvalue weighted by Crippen LogP contribution is 2.25. The summed E-state index contributed by atoms with van der Waals surface area (Å²) in [6.07, 6.45) is 0. The Morgan fingerprint density at radius 3 is 2.62 bits per heavy atom. The summed E-state index contributed by atoms with van der Waals surface area (Å²) < 4.78 is 14.1. The number of benzene rings is 1. The highest BCUT2D eigenvalue weighted by molar-refractivity contribution is 9.10. The van der Waals surface area contributed by atoms with E-state index in [0.717, 1.165) is 0 Å². The van der Waals surface area contributed by atoms with Crippen LogP contribution in [0.2, 0.25) is 4.34 Å². The molecular formula is C11H5BrClFOS. The zero-order valence-electron chi connectivity index (χ0n) is 7.84. The van der Waals surface area contributed by atoms with E-state index in [9.17, 15) is 9.18 Å². The van der Waals surface area contributed by atoms with Crippen LogP contribution in [0.4, 0.5) is 4.39 Å². The molecular weight excluding hydrogens is 315 g/mol. The number of hydrogen-bond acceptors (Lipinski definition) is 2.